The molecule has 0 aromatic heterocycles. The number of hydrogen-bond acceptors (Lipinski definition) is 5. The molecule has 0 saturated carbocycles. The molecule has 1 atom stereocenters. The van der Waals surface area contributed by atoms with Crippen molar-refractivity contribution in [2.24, 2.45) is 0 Å². The van der Waals surface area contributed by atoms with Crippen LogP contribution in [0.1, 0.15) is 18.6 Å². The third-order valence-electron chi connectivity index (χ3n) is 3.83. The Morgan fingerprint density at radius 3 is 2.25 bits per heavy atom. The van der Waals surface area contributed by atoms with E-state index in [1.54, 1.807) is 12.1 Å². The normalized spacial score (nSPS) is 18.9. The van der Waals surface area contributed by atoms with Crippen LogP contribution in [0.4, 0.5) is 5.69 Å². The van der Waals surface area contributed by atoms with Crippen molar-refractivity contribution in [1.29, 1.82) is 0 Å². The van der Waals surface area contributed by atoms with Crippen molar-refractivity contribution >= 4 is 5.69 Å². The number of hydrogen-bond donors (Lipinski definition) is 1. The van der Waals surface area contributed by atoms with Crippen molar-refractivity contribution in [3.63, 3.8) is 0 Å². The highest BCUT2D eigenvalue weighted by Gasteiger charge is 2.19. The van der Waals surface area contributed by atoms with Crippen LogP contribution in [0.2, 0.25) is 0 Å². The number of likely N-dealkylation sites (N-methyl/N-ethyl adjacent to an activating group) is 1. The molecule has 1 aliphatic rings. The van der Waals surface area contributed by atoms with Crippen molar-refractivity contribution in [2.45, 2.75) is 13.0 Å². The Kier molecular flexibility index (Phi) is 5.05. The fourth-order valence-electron chi connectivity index (χ4n) is 2.46. The molecule has 1 aliphatic heterocycles. The topological polar surface area (TPSA) is 69.8 Å². The van der Waals surface area contributed by atoms with Crippen LogP contribution in [0.5, 0.6) is 0 Å². The highest BCUT2D eigenvalue weighted by atomic mass is 16.6. The second-order valence-corrected chi connectivity index (χ2v) is 5.10. The zero-order valence-electron chi connectivity index (χ0n) is 11.7. The Bertz CT molecular complexity index is 441. The highest BCUT2D eigenvalue weighted by Crippen LogP contribution is 2.19. The van der Waals surface area contributed by atoms with E-state index < -0.39 is 11.0 Å². The molecule has 6 heteroatoms. The molecule has 1 fully saturated rings. The third-order valence-corrected chi connectivity index (χ3v) is 3.83. The van der Waals surface area contributed by atoms with Crippen LogP contribution in [-0.4, -0.2) is 59.1 Å². The van der Waals surface area contributed by atoms with Crippen LogP contribution in [0, 0.1) is 10.1 Å². The molecule has 0 radical (unpaired) electrons. The van der Waals surface area contributed by atoms with Crippen LogP contribution in [0.15, 0.2) is 24.3 Å². The summed E-state index contributed by atoms with van der Waals surface area (Å²) < 4.78 is 0. The largest absolute Gasteiger partial charge is 0.387 e. The molecule has 20 heavy (non-hydrogen) atoms. The monoisotopic (exact) mass is 279 g/mol. The number of nitrogens with zero attached hydrogens (tertiary/aromatic N) is 3. The van der Waals surface area contributed by atoms with Gasteiger partial charge in [-0.15, -0.1) is 0 Å². The van der Waals surface area contributed by atoms with E-state index in [0.717, 1.165) is 38.3 Å². The number of aliphatic hydroxyl groups is 1. The molecule has 1 heterocycles. The average molecular weight is 279 g/mol. The van der Waals surface area contributed by atoms with Crippen molar-refractivity contribution in [3.05, 3.63) is 39.9 Å². The minimum atomic E-state index is -0.594. The second kappa shape index (κ2) is 6.78. The van der Waals surface area contributed by atoms with Gasteiger partial charge in [0, 0.05) is 44.9 Å². The van der Waals surface area contributed by atoms with Gasteiger partial charge in [-0.1, -0.05) is 6.92 Å². The molecule has 1 N–H and O–H groups in total. The first-order chi connectivity index (χ1) is 9.60. The van der Waals surface area contributed by atoms with Crippen molar-refractivity contribution in [1.82, 2.24) is 9.80 Å². The van der Waals surface area contributed by atoms with Gasteiger partial charge in [0.15, 0.2) is 0 Å². The van der Waals surface area contributed by atoms with E-state index in [1.165, 1.54) is 12.1 Å². The first-order valence-electron chi connectivity index (χ1n) is 6.97. The molecule has 0 aliphatic carbocycles. The first-order valence-corrected chi connectivity index (χ1v) is 6.97. The van der Waals surface area contributed by atoms with Crippen LogP contribution in [-0.2, 0) is 0 Å². The number of rotatable bonds is 5. The molecule has 0 spiro atoms. The molecule has 0 bridgehead atoms. The van der Waals surface area contributed by atoms with Gasteiger partial charge in [0.05, 0.1) is 11.0 Å². The lowest BCUT2D eigenvalue weighted by atomic mass is 10.1. The predicted molar refractivity (Wildman–Crippen MR) is 76.6 cm³/mol. The van der Waals surface area contributed by atoms with E-state index in [-0.39, 0.29) is 5.69 Å². The highest BCUT2D eigenvalue weighted by molar-refractivity contribution is 5.33. The van der Waals surface area contributed by atoms with Gasteiger partial charge >= 0.3 is 0 Å². The van der Waals surface area contributed by atoms with E-state index in [0.29, 0.717) is 6.54 Å². The third kappa shape index (κ3) is 3.75. The maximum absolute atomic E-state index is 10.6. The molecular formula is C14H21N3O3. The first kappa shape index (κ1) is 14.9. The Labute approximate surface area is 118 Å². The van der Waals surface area contributed by atoms with E-state index in [1.807, 2.05) is 0 Å². The molecule has 0 amide bonds. The van der Waals surface area contributed by atoms with Crippen LogP contribution in [0.3, 0.4) is 0 Å². The van der Waals surface area contributed by atoms with Crippen molar-refractivity contribution in [3.8, 4) is 0 Å². The molecule has 2 rings (SSSR count). The van der Waals surface area contributed by atoms with Gasteiger partial charge in [0.2, 0.25) is 0 Å². The number of non-ortho nitro benzene ring substituents is 1. The molecule has 110 valence electrons. The lowest BCUT2D eigenvalue weighted by Gasteiger charge is -2.35. The maximum Gasteiger partial charge on any atom is 0.269 e. The van der Waals surface area contributed by atoms with Crippen molar-refractivity contribution in [2.75, 3.05) is 39.3 Å². The summed E-state index contributed by atoms with van der Waals surface area (Å²) in [5, 5.41) is 20.8. The number of nitro groups is 1. The summed E-state index contributed by atoms with van der Waals surface area (Å²) in [5.74, 6) is 0. The molecule has 6 nitrogen and oxygen atoms in total. The minimum Gasteiger partial charge on any atom is -0.387 e. The molecule has 1 saturated heterocycles. The number of benzene rings is 1. The summed E-state index contributed by atoms with van der Waals surface area (Å²) in [5.41, 5.74) is 0.783. The van der Waals surface area contributed by atoms with Gasteiger partial charge in [-0.25, -0.2) is 0 Å². The Balaban J connectivity index is 1.88. The van der Waals surface area contributed by atoms with Gasteiger partial charge < -0.3 is 10.0 Å². The molecule has 1 aromatic rings. The zero-order valence-corrected chi connectivity index (χ0v) is 11.7. The Morgan fingerprint density at radius 2 is 1.75 bits per heavy atom. The van der Waals surface area contributed by atoms with E-state index in [4.69, 9.17) is 0 Å². The molecule has 1 aromatic carbocycles. The van der Waals surface area contributed by atoms with Gasteiger partial charge in [-0.2, -0.15) is 0 Å². The zero-order chi connectivity index (χ0) is 14.5. The van der Waals surface area contributed by atoms with E-state index in [2.05, 4.69) is 16.7 Å². The fraction of sp³-hybridized carbons (Fsp3) is 0.571. The quantitative estimate of drug-likeness (QED) is 0.649. The fourth-order valence-corrected chi connectivity index (χ4v) is 2.46. The molecular weight excluding hydrogens is 258 g/mol. The van der Waals surface area contributed by atoms with Gasteiger partial charge in [0.25, 0.3) is 5.69 Å². The summed E-state index contributed by atoms with van der Waals surface area (Å²) in [6.07, 6.45) is -0.594. The number of aliphatic hydroxyl groups excluding tert-OH is 1. The van der Waals surface area contributed by atoms with Crippen LogP contribution < -0.4 is 0 Å². The molecule has 1 unspecified atom stereocenters. The minimum absolute atomic E-state index is 0.0533. The summed E-state index contributed by atoms with van der Waals surface area (Å²) in [7, 11) is 0. The summed E-state index contributed by atoms with van der Waals surface area (Å²) in [6, 6.07) is 6.14. The predicted octanol–water partition coefficient (Wildman–Crippen LogP) is 1.27. The van der Waals surface area contributed by atoms with Gasteiger partial charge in [-0.3, -0.25) is 15.0 Å². The summed E-state index contributed by atoms with van der Waals surface area (Å²) in [4.78, 5) is 14.8. The lowest BCUT2D eigenvalue weighted by molar-refractivity contribution is -0.384. The number of piperazine rings is 1. The standard InChI is InChI=1S/C14H21N3O3/c1-2-15-7-9-16(10-8-15)11-14(18)12-3-5-13(6-4-12)17(19)20/h3-6,14,18H,2,7-11H2,1H3. The maximum atomic E-state index is 10.6. The van der Waals surface area contributed by atoms with Gasteiger partial charge in [0.1, 0.15) is 0 Å². The van der Waals surface area contributed by atoms with Crippen LogP contribution >= 0.6 is 0 Å². The number of β-amino-alcohol motifs (C(OH)–C–C–N with tert-alkyl or cyclic N) is 1. The SMILES string of the molecule is CCN1CCN(CC(O)c2ccc([N+](=O)[O-])cc2)CC1. The second-order valence-electron chi connectivity index (χ2n) is 5.10. The van der Waals surface area contributed by atoms with E-state index in [9.17, 15) is 15.2 Å². The van der Waals surface area contributed by atoms with E-state index >= 15 is 0 Å². The lowest BCUT2D eigenvalue weighted by Crippen LogP contribution is -2.47. The Hall–Kier alpha value is -1.50. The smallest absolute Gasteiger partial charge is 0.269 e. The number of nitro benzene ring substituents is 1. The summed E-state index contributed by atoms with van der Waals surface area (Å²) in [6.45, 7) is 7.78. The van der Waals surface area contributed by atoms with Crippen LogP contribution in [0.25, 0.3) is 0 Å². The van der Waals surface area contributed by atoms with Crippen molar-refractivity contribution < 1.29 is 10.0 Å². The average Bonchev–Trinajstić information content (AvgIpc) is 2.48. The van der Waals surface area contributed by atoms with Gasteiger partial charge in [-0.05, 0) is 24.2 Å². The summed E-state index contributed by atoms with van der Waals surface area (Å²) >= 11 is 0. The Morgan fingerprint density at radius 1 is 1.20 bits per heavy atom.